The maximum atomic E-state index is 11.3. The van der Waals surface area contributed by atoms with Crippen molar-refractivity contribution in [3.8, 4) is 11.6 Å². The zero-order valence-corrected chi connectivity index (χ0v) is 8.38. The van der Waals surface area contributed by atoms with Gasteiger partial charge in [0, 0.05) is 13.1 Å². The molecule has 0 unspecified atom stereocenters. The van der Waals surface area contributed by atoms with Crippen molar-refractivity contribution in [2.45, 2.75) is 0 Å². The molecule has 1 heterocycles. The summed E-state index contributed by atoms with van der Waals surface area (Å²) in [7, 11) is 1.68. The number of hydrogen-bond donors (Lipinski definition) is 0. The SMILES string of the molecule is Cn1c(Oc2ccccc2)cccc1=O. The minimum atomic E-state index is -0.0802. The Kier molecular flexibility index (Phi) is 2.54. The van der Waals surface area contributed by atoms with E-state index in [2.05, 4.69) is 0 Å². The van der Waals surface area contributed by atoms with E-state index in [0.29, 0.717) is 5.88 Å². The molecule has 0 saturated heterocycles. The summed E-state index contributed by atoms with van der Waals surface area (Å²) in [6.45, 7) is 0. The molecule has 2 aromatic rings. The molecular formula is C12H11NO2. The molecule has 15 heavy (non-hydrogen) atoms. The van der Waals surface area contributed by atoms with Crippen LogP contribution in [0.1, 0.15) is 0 Å². The van der Waals surface area contributed by atoms with Crippen LogP contribution in [0.5, 0.6) is 11.6 Å². The zero-order chi connectivity index (χ0) is 10.7. The summed E-state index contributed by atoms with van der Waals surface area (Å²) in [6.07, 6.45) is 0. The van der Waals surface area contributed by atoms with Crippen molar-refractivity contribution < 1.29 is 4.74 Å². The van der Waals surface area contributed by atoms with Crippen LogP contribution in [0, 0.1) is 0 Å². The van der Waals surface area contributed by atoms with Crippen molar-refractivity contribution in [3.63, 3.8) is 0 Å². The van der Waals surface area contributed by atoms with E-state index < -0.39 is 0 Å². The number of aromatic nitrogens is 1. The van der Waals surface area contributed by atoms with Crippen molar-refractivity contribution in [1.82, 2.24) is 4.57 Å². The Morgan fingerprint density at radius 2 is 1.73 bits per heavy atom. The van der Waals surface area contributed by atoms with Gasteiger partial charge in [-0.3, -0.25) is 9.36 Å². The van der Waals surface area contributed by atoms with Crippen LogP contribution < -0.4 is 10.3 Å². The topological polar surface area (TPSA) is 31.2 Å². The lowest BCUT2D eigenvalue weighted by atomic mass is 10.3. The van der Waals surface area contributed by atoms with Gasteiger partial charge in [-0.1, -0.05) is 24.3 Å². The summed E-state index contributed by atoms with van der Waals surface area (Å²) in [5, 5.41) is 0. The molecule has 3 nitrogen and oxygen atoms in total. The van der Waals surface area contributed by atoms with Gasteiger partial charge in [0.1, 0.15) is 5.75 Å². The van der Waals surface area contributed by atoms with Crippen molar-refractivity contribution >= 4 is 0 Å². The third kappa shape index (κ3) is 2.07. The fourth-order valence-corrected chi connectivity index (χ4v) is 1.26. The van der Waals surface area contributed by atoms with Crippen molar-refractivity contribution in [3.05, 3.63) is 58.9 Å². The molecule has 0 saturated carbocycles. The Morgan fingerprint density at radius 1 is 1.00 bits per heavy atom. The van der Waals surface area contributed by atoms with E-state index in [0.717, 1.165) is 5.75 Å². The molecule has 0 amide bonds. The van der Waals surface area contributed by atoms with Crippen molar-refractivity contribution in [1.29, 1.82) is 0 Å². The van der Waals surface area contributed by atoms with E-state index in [-0.39, 0.29) is 5.56 Å². The maximum Gasteiger partial charge on any atom is 0.253 e. The second kappa shape index (κ2) is 4.00. The summed E-state index contributed by atoms with van der Waals surface area (Å²) in [4.78, 5) is 11.3. The molecule has 0 spiro atoms. The Bertz CT molecular complexity index is 503. The van der Waals surface area contributed by atoms with Crippen LogP contribution in [0.25, 0.3) is 0 Å². The minimum absolute atomic E-state index is 0.0802. The van der Waals surface area contributed by atoms with Gasteiger partial charge >= 0.3 is 0 Å². The number of hydrogen-bond acceptors (Lipinski definition) is 2. The third-order valence-corrected chi connectivity index (χ3v) is 2.10. The van der Waals surface area contributed by atoms with E-state index in [1.54, 1.807) is 19.2 Å². The first kappa shape index (κ1) is 9.52. The van der Waals surface area contributed by atoms with Crippen LogP contribution in [-0.2, 0) is 7.05 Å². The summed E-state index contributed by atoms with van der Waals surface area (Å²) in [5.41, 5.74) is -0.0802. The van der Waals surface area contributed by atoms with E-state index >= 15 is 0 Å². The standard InChI is InChI=1S/C12H11NO2/c1-13-11(14)8-5-9-12(13)15-10-6-3-2-4-7-10/h2-9H,1H3. The number of pyridine rings is 1. The number of para-hydroxylation sites is 1. The first-order valence-electron chi connectivity index (χ1n) is 4.66. The monoisotopic (exact) mass is 201 g/mol. The molecule has 0 N–H and O–H groups in total. The van der Waals surface area contributed by atoms with Gasteiger partial charge in [-0.2, -0.15) is 0 Å². The summed E-state index contributed by atoms with van der Waals surface area (Å²) in [5.74, 6) is 1.26. The molecule has 1 aromatic heterocycles. The molecule has 3 heteroatoms. The van der Waals surface area contributed by atoms with Gasteiger partial charge in [0.15, 0.2) is 0 Å². The highest BCUT2D eigenvalue weighted by Gasteiger charge is 2.00. The maximum absolute atomic E-state index is 11.3. The van der Waals surface area contributed by atoms with Gasteiger partial charge in [0.25, 0.3) is 5.56 Å². The third-order valence-electron chi connectivity index (χ3n) is 2.10. The van der Waals surface area contributed by atoms with E-state index in [9.17, 15) is 4.79 Å². The van der Waals surface area contributed by atoms with Crippen LogP contribution in [0.2, 0.25) is 0 Å². The largest absolute Gasteiger partial charge is 0.441 e. The lowest BCUT2D eigenvalue weighted by molar-refractivity contribution is 0.435. The Hall–Kier alpha value is -2.03. The number of ether oxygens (including phenoxy) is 1. The molecule has 76 valence electrons. The first-order valence-corrected chi connectivity index (χ1v) is 4.66. The second-order valence-electron chi connectivity index (χ2n) is 3.18. The van der Waals surface area contributed by atoms with E-state index in [1.807, 2.05) is 30.3 Å². The predicted molar refractivity (Wildman–Crippen MR) is 58.2 cm³/mol. The molecule has 1 aromatic carbocycles. The fourth-order valence-electron chi connectivity index (χ4n) is 1.26. The van der Waals surface area contributed by atoms with Gasteiger partial charge in [-0.25, -0.2) is 0 Å². The van der Waals surface area contributed by atoms with Crippen LogP contribution >= 0.6 is 0 Å². The van der Waals surface area contributed by atoms with Gasteiger partial charge < -0.3 is 4.74 Å². The van der Waals surface area contributed by atoms with Gasteiger partial charge in [0.2, 0.25) is 5.88 Å². The summed E-state index contributed by atoms with van der Waals surface area (Å²) >= 11 is 0. The normalized spacial score (nSPS) is 9.93. The van der Waals surface area contributed by atoms with Crippen LogP contribution in [0.3, 0.4) is 0 Å². The molecule has 0 aliphatic rings. The molecule has 0 aliphatic heterocycles. The molecular weight excluding hydrogens is 190 g/mol. The number of nitrogens with zero attached hydrogens (tertiary/aromatic N) is 1. The van der Waals surface area contributed by atoms with E-state index in [1.165, 1.54) is 10.6 Å². The Balaban J connectivity index is 2.33. The highest BCUT2D eigenvalue weighted by Crippen LogP contribution is 2.18. The first-order chi connectivity index (χ1) is 7.27. The van der Waals surface area contributed by atoms with Crippen LogP contribution in [0.4, 0.5) is 0 Å². The zero-order valence-electron chi connectivity index (χ0n) is 8.38. The van der Waals surface area contributed by atoms with Crippen molar-refractivity contribution in [2.75, 3.05) is 0 Å². The van der Waals surface area contributed by atoms with Gasteiger partial charge in [-0.05, 0) is 18.2 Å². The van der Waals surface area contributed by atoms with Crippen molar-refractivity contribution in [2.24, 2.45) is 7.05 Å². The molecule has 0 atom stereocenters. The Morgan fingerprint density at radius 3 is 2.47 bits per heavy atom. The lowest BCUT2D eigenvalue weighted by Crippen LogP contribution is -2.15. The number of benzene rings is 1. The summed E-state index contributed by atoms with van der Waals surface area (Å²) < 4.78 is 7.02. The minimum Gasteiger partial charge on any atom is -0.441 e. The Labute approximate surface area is 87.6 Å². The predicted octanol–water partition coefficient (Wildman–Crippen LogP) is 2.18. The molecule has 0 fully saturated rings. The van der Waals surface area contributed by atoms with Gasteiger partial charge in [0.05, 0.1) is 0 Å². The average Bonchev–Trinajstić information content (AvgIpc) is 2.26. The highest BCUT2D eigenvalue weighted by atomic mass is 16.5. The van der Waals surface area contributed by atoms with Gasteiger partial charge in [-0.15, -0.1) is 0 Å². The second-order valence-corrected chi connectivity index (χ2v) is 3.18. The lowest BCUT2D eigenvalue weighted by Gasteiger charge is -2.08. The molecule has 0 radical (unpaired) electrons. The summed E-state index contributed by atoms with van der Waals surface area (Å²) in [6, 6.07) is 14.3. The highest BCUT2D eigenvalue weighted by molar-refractivity contribution is 5.26. The van der Waals surface area contributed by atoms with Crippen LogP contribution in [0.15, 0.2) is 53.3 Å². The van der Waals surface area contributed by atoms with Crippen LogP contribution in [-0.4, -0.2) is 4.57 Å². The average molecular weight is 201 g/mol. The quantitative estimate of drug-likeness (QED) is 0.745. The smallest absolute Gasteiger partial charge is 0.253 e. The molecule has 2 rings (SSSR count). The fraction of sp³-hybridized carbons (Fsp3) is 0.0833. The van der Waals surface area contributed by atoms with E-state index in [4.69, 9.17) is 4.74 Å². The molecule has 0 aliphatic carbocycles. The number of rotatable bonds is 2. The molecule has 0 bridgehead atoms.